The molecule has 9 heteroatoms. The van der Waals surface area contributed by atoms with E-state index >= 15 is 0 Å². The van der Waals surface area contributed by atoms with Crippen molar-refractivity contribution in [2.24, 2.45) is 12.0 Å². The fraction of sp³-hybridized carbons (Fsp3) is 0.864. The summed E-state index contributed by atoms with van der Waals surface area (Å²) < 4.78 is 2.02. The van der Waals surface area contributed by atoms with Gasteiger partial charge in [-0.05, 0) is 58.7 Å². The van der Waals surface area contributed by atoms with Gasteiger partial charge in [-0.15, -0.1) is 34.2 Å². The van der Waals surface area contributed by atoms with E-state index in [1.54, 1.807) is 0 Å². The highest BCUT2D eigenvalue weighted by Crippen LogP contribution is 2.16. The predicted molar refractivity (Wildman–Crippen MR) is 138 cm³/mol. The smallest absolute Gasteiger partial charge is 0.191 e. The van der Waals surface area contributed by atoms with Crippen LogP contribution in [0.3, 0.4) is 0 Å². The maximum atomic E-state index is 4.88. The summed E-state index contributed by atoms with van der Waals surface area (Å²) in [6.07, 6.45) is 7.51. The molecule has 0 amide bonds. The van der Waals surface area contributed by atoms with Crippen molar-refractivity contribution in [2.75, 3.05) is 39.3 Å². The summed E-state index contributed by atoms with van der Waals surface area (Å²) in [5, 5.41) is 15.8. The van der Waals surface area contributed by atoms with Crippen LogP contribution >= 0.6 is 24.0 Å². The molecule has 0 spiro atoms. The molecule has 2 N–H and O–H groups in total. The Kier molecular flexibility index (Phi) is 11.5. The van der Waals surface area contributed by atoms with Crippen molar-refractivity contribution in [3.8, 4) is 0 Å². The molecule has 0 saturated carbocycles. The summed E-state index contributed by atoms with van der Waals surface area (Å²) in [5.74, 6) is 2.75. The maximum absolute atomic E-state index is 4.88. The number of aliphatic imine (C=N–C) groups is 1. The second-order valence-electron chi connectivity index (χ2n) is 8.81. The highest BCUT2D eigenvalue weighted by molar-refractivity contribution is 14.0. The number of piperidine rings is 1. The zero-order valence-corrected chi connectivity index (χ0v) is 22.3. The van der Waals surface area contributed by atoms with E-state index in [9.17, 15) is 0 Å². The molecule has 1 atom stereocenters. The molecule has 178 valence electrons. The molecule has 0 aliphatic carbocycles. The lowest BCUT2D eigenvalue weighted by Crippen LogP contribution is -2.51. The number of nitrogens with zero attached hydrogens (tertiary/aromatic N) is 6. The molecule has 2 aliphatic rings. The minimum absolute atomic E-state index is 0. The molecule has 2 saturated heterocycles. The van der Waals surface area contributed by atoms with Crippen molar-refractivity contribution in [3.63, 3.8) is 0 Å². The van der Waals surface area contributed by atoms with Crippen molar-refractivity contribution in [2.45, 2.75) is 77.9 Å². The second-order valence-corrected chi connectivity index (χ2v) is 8.81. The molecule has 1 unspecified atom stereocenters. The van der Waals surface area contributed by atoms with E-state index < -0.39 is 0 Å². The van der Waals surface area contributed by atoms with Crippen LogP contribution in [0.15, 0.2) is 4.99 Å². The Bertz CT molecular complexity index is 668. The fourth-order valence-electron chi connectivity index (χ4n) is 4.52. The van der Waals surface area contributed by atoms with Crippen LogP contribution in [0.4, 0.5) is 0 Å². The number of hydrogen-bond donors (Lipinski definition) is 2. The molecule has 0 radical (unpaired) electrons. The van der Waals surface area contributed by atoms with Crippen molar-refractivity contribution in [1.29, 1.82) is 0 Å². The van der Waals surface area contributed by atoms with Gasteiger partial charge < -0.3 is 20.1 Å². The SMILES string of the molecule is CCCCN1CCC(NC(=NCc2nnc(C)n2C)NCC2CCCN2CC)CC1.I. The zero-order valence-electron chi connectivity index (χ0n) is 19.9. The van der Waals surface area contributed by atoms with Gasteiger partial charge in [-0.2, -0.15) is 0 Å². The number of halogens is 1. The van der Waals surface area contributed by atoms with E-state index in [-0.39, 0.29) is 24.0 Å². The summed E-state index contributed by atoms with van der Waals surface area (Å²) in [6, 6.07) is 1.09. The third-order valence-corrected chi connectivity index (χ3v) is 6.73. The van der Waals surface area contributed by atoms with Gasteiger partial charge in [0.2, 0.25) is 0 Å². The molecular formula is C22H43IN8. The molecule has 0 aromatic carbocycles. The van der Waals surface area contributed by atoms with Gasteiger partial charge in [-0.3, -0.25) is 4.90 Å². The van der Waals surface area contributed by atoms with Gasteiger partial charge in [0.1, 0.15) is 12.4 Å². The lowest BCUT2D eigenvalue weighted by Gasteiger charge is -2.33. The summed E-state index contributed by atoms with van der Waals surface area (Å²) in [6.45, 7) is 13.9. The van der Waals surface area contributed by atoms with Crippen molar-refractivity contribution >= 4 is 29.9 Å². The lowest BCUT2D eigenvalue weighted by molar-refractivity contribution is 0.203. The number of rotatable bonds is 9. The Balaban J connectivity index is 0.00000341. The Morgan fingerprint density at radius 2 is 1.90 bits per heavy atom. The third kappa shape index (κ3) is 7.85. The van der Waals surface area contributed by atoms with Gasteiger partial charge >= 0.3 is 0 Å². The van der Waals surface area contributed by atoms with Crippen LogP contribution in [0.1, 0.15) is 64.0 Å². The topological polar surface area (TPSA) is 73.6 Å². The first-order valence-corrected chi connectivity index (χ1v) is 12.0. The normalized spacial score (nSPS) is 21.3. The molecule has 3 rings (SSSR count). The molecule has 1 aromatic rings. The lowest BCUT2D eigenvalue weighted by atomic mass is 10.0. The molecule has 3 heterocycles. The van der Waals surface area contributed by atoms with Gasteiger partial charge in [-0.25, -0.2) is 4.99 Å². The zero-order chi connectivity index (χ0) is 21.3. The summed E-state index contributed by atoms with van der Waals surface area (Å²) in [4.78, 5) is 10.1. The molecule has 8 nitrogen and oxygen atoms in total. The van der Waals surface area contributed by atoms with E-state index in [0.29, 0.717) is 18.6 Å². The van der Waals surface area contributed by atoms with Crippen LogP contribution in [0, 0.1) is 6.92 Å². The first kappa shape index (κ1) is 26.3. The van der Waals surface area contributed by atoms with Gasteiger partial charge in [-0.1, -0.05) is 20.3 Å². The largest absolute Gasteiger partial charge is 0.355 e. The minimum Gasteiger partial charge on any atom is -0.355 e. The van der Waals surface area contributed by atoms with Gasteiger partial charge in [0.25, 0.3) is 0 Å². The highest BCUT2D eigenvalue weighted by Gasteiger charge is 2.24. The van der Waals surface area contributed by atoms with E-state index in [4.69, 9.17) is 4.99 Å². The summed E-state index contributed by atoms with van der Waals surface area (Å²) >= 11 is 0. The highest BCUT2D eigenvalue weighted by atomic mass is 127. The van der Waals surface area contributed by atoms with Gasteiger partial charge in [0.15, 0.2) is 11.8 Å². The molecule has 2 aliphatic heterocycles. The quantitative estimate of drug-likeness (QED) is 0.282. The van der Waals surface area contributed by atoms with Crippen molar-refractivity contribution in [1.82, 2.24) is 35.2 Å². The maximum Gasteiger partial charge on any atom is 0.191 e. The first-order valence-electron chi connectivity index (χ1n) is 12.0. The second kappa shape index (κ2) is 13.6. The van der Waals surface area contributed by atoms with Crippen LogP contribution in [-0.4, -0.2) is 81.9 Å². The molecule has 1 aromatic heterocycles. The van der Waals surface area contributed by atoms with Crippen LogP contribution in [-0.2, 0) is 13.6 Å². The van der Waals surface area contributed by atoms with E-state index in [0.717, 1.165) is 30.7 Å². The summed E-state index contributed by atoms with van der Waals surface area (Å²) in [5.41, 5.74) is 0. The van der Waals surface area contributed by atoms with Crippen LogP contribution < -0.4 is 10.6 Å². The number of likely N-dealkylation sites (N-methyl/N-ethyl adjacent to an activating group) is 1. The standard InChI is InChI=1S/C22H42N8.HI/c1-5-7-12-29-14-10-19(11-15-29)25-22(23-16-20-9-8-13-30(20)6-2)24-17-21-27-26-18(3)28(21)4;/h19-20H,5-17H2,1-4H3,(H2,23,24,25);1H. The number of hydrogen-bond acceptors (Lipinski definition) is 5. The Morgan fingerprint density at radius 1 is 1.13 bits per heavy atom. The monoisotopic (exact) mass is 546 g/mol. The van der Waals surface area contributed by atoms with Crippen LogP contribution in [0.2, 0.25) is 0 Å². The molecule has 31 heavy (non-hydrogen) atoms. The number of aryl methyl sites for hydroxylation is 1. The summed E-state index contributed by atoms with van der Waals surface area (Å²) in [7, 11) is 2.00. The van der Waals surface area contributed by atoms with Crippen LogP contribution in [0.5, 0.6) is 0 Å². The fourth-order valence-corrected chi connectivity index (χ4v) is 4.52. The van der Waals surface area contributed by atoms with E-state index in [1.165, 1.54) is 64.7 Å². The van der Waals surface area contributed by atoms with Crippen molar-refractivity contribution < 1.29 is 0 Å². The number of unbranched alkanes of at least 4 members (excludes halogenated alkanes) is 1. The Labute approximate surface area is 205 Å². The number of nitrogens with one attached hydrogen (secondary N) is 2. The number of aromatic nitrogens is 3. The van der Waals surface area contributed by atoms with Gasteiger partial charge in [0.05, 0.1) is 0 Å². The Morgan fingerprint density at radius 3 is 2.55 bits per heavy atom. The average Bonchev–Trinajstić information content (AvgIpc) is 3.35. The third-order valence-electron chi connectivity index (χ3n) is 6.73. The van der Waals surface area contributed by atoms with Gasteiger partial charge in [0, 0.05) is 38.8 Å². The molecule has 2 fully saturated rings. The molecular weight excluding hydrogens is 503 g/mol. The number of guanidine groups is 1. The minimum atomic E-state index is 0. The average molecular weight is 547 g/mol. The number of likely N-dealkylation sites (tertiary alicyclic amines) is 2. The molecule has 0 bridgehead atoms. The predicted octanol–water partition coefficient (Wildman–Crippen LogP) is 2.53. The van der Waals surface area contributed by atoms with Crippen LogP contribution in [0.25, 0.3) is 0 Å². The van der Waals surface area contributed by atoms with E-state index in [2.05, 4.69) is 44.5 Å². The Hall–Kier alpha value is -0.940. The first-order chi connectivity index (χ1) is 14.6. The van der Waals surface area contributed by atoms with E-state index in [1.807, 2.05) is 18.5 Å². The van der Waals surface area contributed by atoms with Crippen molar-refractivity contribution in [3.05, 3.63) is 11.6 Å².